The first-order valence-corrected chi connectivity index (χ1v) is 9.95. The van der Waals surface area contributed by atoms with Gasteiger partial charge in [-0.05, 0) is 74.7 Å². The van der Waals surface area contributed by atoms with E-state index in [-0.39, 0.29) is 0 Å². The Balaban J connectivity index is 1.75. The number of nitrogens with zero attached hydrogens (tertiary/aromatic N) is 1. The summed E-state index contributed by atoms with van der Waals surface area (Å²) in [6.45, 7) is 2.46. The molecule has 0 radical (unpaired) electrons. The van der Waals surface area contributed by atoms with Crippen molar-refractivity contribution in [2.24, 2.45) is 4.99 Å². The Morgan fingerprint density at radius 1 is 1.00 bits per heavy atom. The molecule has 3 rings (SSSR count). The van der Waals surface area contributed by atoms with Crippen LogP contribution in [-0.4, -0.2) is 6.21 Å². The second-order valence-electron chi connectivity index (χ2n) is 5.79. The van der Waals surface area contributed by atoms with Crippen LogP contribution in [0.3, 0.4) is 0 Å². The average molecular weight is 494 g/mol. The first-order valence-electron chi connectivity index (χ1n) is 7.99. The van der Waals surface area contributed by atoms with Gasteiger partial charge in [-0.3, -0.25) is 4.99 Å². The normalized spacial score (nSPS) is 11.1. The van der Waals surface area contributed by atoms with E-state index in [4.69, 9.17) is 16.3 Å². The zero-order valence-electron chi connectivity index (χ0n) is 14.0. The zero-order chi connectivity index (χ0) is 18.5. The van der Waals surface area contributed by atoms with Gasteiger partial charge in [0.25, 0.3) is 0 Å². The maximum atomic E-state index is 6.18. The molecule has 2 nitrogen and oxygen atoms in total. The van der Waals surface area contributed by atoms with Gasteiger partial charge in [-0.1, -0.05) is 47.5 Å². The summed E-state index contributed by atoms with van der Waals surface area (Å²) in [5.74, 6) is 0.734. The summed E-state index contributed by atoms with van der Waals surface area (Å²) in [6.07, 6.45) is 1.83. The number of halogens is 3. The van der Waals surface area contributed by atoms with E-state index in [1.165, 1.54) is 5.56 Å². The van der Waals surface area contributed by atoms with Gasteiger partial charge in [0.15, 0.2) is 0 Å². The SMILES string of the molecule is Cc1ccc(N=Cc2cc(Br)c(OCc3ccccc3Cl)c(Br)c2)cc1. The molecular weight excluding hydrogens is 477 g/mol. The number of aliphatic imine (C=N–C) groups is 1. The van der Waals surface area contributed by atoms with E-state index in [0.717, 1.165) is 31.5 Å². The van der Waals surface area contributed by atoms with Crippen molar-refractivity contribution < 1.29 is 4.74 Å². The molecule has 0 unspecified atom stereocenters. The van der Waals surface area contributed by atoms with Crippen LogP contribution in [-0.2, 0) is 6.61 Å². The average Bonchev–Trinajstić information content (AvgIpc) is 2.62. The molecule has 5 heteroatoms. The quantitative estimate of drug-likeness (QED) is 0.337. The Hall–Kier alpha value is -1.62. The molecule has 0 aliphatic carbocycles. The Kier molecular flexibility index (Phi) is 6.52. The Labute approximate surface area is 175 Å². The molecule has 3 aromatic carbocycles. The van der Waals surface area contributed by atoms with Crippen molar-refractivity contribution in [3.8, 4) is 5.75 Å². The molecule has 26 heavy (non-hydrogen) atoms. The number of rotatable bonds is 5. The molecule has 0 bridgehead atoms. The fraction of sp³-hybridized carbons (Fsp3) is 0.0952. The van der Waals surface area contributed by atoms with Crippen LogP contribution in [0.25, 0.3) is 0 Å². The largest absolute Gasteiger partial charge is 0.486 e. The lowest BCUT2D eigenvalue weighted by Gasteiger charge is -2.12. The van der Waals surface area contributed by atoms with E-state index in [9.17, 15) is 0 Å². The fourth-order valence-corrected chi connectivity index (χ4v) is 3.98. The van der Waals surface area contributed by atoms with Crippen LogP contribution >= 0.6 is 43.5 Å². The van der Waals surface area contributed by atoms with Crippen LogP contribution in [0.1, 0.15) is 16.7 Å². The van der Waals surface area contributed by atoms with E-state index >= 15 is 0 Å². The summed E-state index contributed by atoms with van der Waals surface area (Å²) in [4.78, 5) is 4.51. The number of ether oxygens (including phenoxy) is 1. The Morgan fingerprint density at radius 2 is 1.65 bits per heavy atom. The molecule has 0 aromatic heterocycles. The van der Waals surface area contributed by atoms with Crippen LogP contribution in [0.5, 0.6) is 5.75 Å². The minimum absolute atomic E-state index is 0.397. The molecule has 0 aliphatic heterocycles. The predicted molar refractivity (Wildman–Crippen MR) is 116 cm³/mol. The van der Waals surface area contributed by atoms with E-state index in [1.807, 2.05) is 66.9 Å². The molecule has 0 saturated heterocycles. The maximum Gasteiger partial charge on any atom is 0.148 e. The minimum Gasteiger partial charge on any atom is -0.486 e. The van der Waals surface area contributed by atoms with Crippen molar-refractivity contribution in [3.05, 3.63) is 91.3 Å². The Morgan fingerprint density at radius 3 is 2.31 bits per heavy atom. The lowest BCUT2D eigenvalue weighted by molar-refractivity contribution is 0.302. The van der Waals surface area contributed by atoms with Crippen LogP contribution in [0, 0.1) is 6.92 Å². The maximum absolute atomic E-state index is 6.18. The highest BCUT2D eigenvalue weighted by molar-refractivity contribution is 9.11. The number of aryl methyl sites for hydroxylation is 1. The summed E-state index contributed by atoms with van der Waals surface area (Å²) >= 11 is 13.3. The Bertz CT molecular complexity index is 916. The van der Waals surface area contributed by atoms with Crippen LogP contribution in [0.4, 0.5) is 5.69 Å². The zero-order valence-corrected chi connectivity index (χ0v) is 18.0. The van der Waals surface area contributed by atoms with Crippen LogP contribution in [0.2, 0.25) is 5.02 Å². The van der Waals surface area contributed by atoms with E-state index in [1.54, 1.807) is 0 Å². The fourth-order valence-electron chi connectivity index (χ4n) is 2.34. The third-order valence-electron chi connectivity index (χ3n) is 3.75. The van der Waals surface area contributed by atoms with Crippen LogP contribution < -0.4 is 4.74 Å². The summed E-state index contributed by atoms with van der Waals surface area (Å²) < 4.78 is 7.65. The van der Waals surface area contributed by atoms with Crippen molar-refractivity contribution in [1.82, 2.24) is 0 Å². The smallest absolute Gasteiger partial charge is 0.148 e. The highest BCUT2D eigenvalue weighted by Gasteiger charge is 2.10. The monoisotopic (exact) mass is 491 g/mol. The number of hydrogen-bond acceptors (Lipinski definition) is 2. The third-order valence-corrected chi connectivity index (χ3v) is 5.29. The van der Waals surface area contributed by atoms with Crippen molar-refractivity contribution >= 4 is 55.4 Å². The van der Waals surface area contributed by atoms with E-state index < -0.39 is 0 Å². The second-order valence-corrected chi connectivity index (χ2v) is 7.90. The molecule has 0 saturated carbocycles. The van der Waals surface area contributed by atoms with Crippen molar-refractivity contribution in [2.45, 2.75) is 13.5 Å². The first-order chi connectivity index (χ1) is 12.5. The van der Waals surface area contributed by atoms with Crippen molar-refractivity contribution in [1.29, 1.82) is 0 Å². The highest BCUT2D eigenvalue weighted by Crippen LogP contribution is 2.35. The molecule has 0 N–H and O–H groups in total. The van der Waals surface area contributed by atoms with Crippen LogP contribution in [0.15, 0.2) is 74.6 Å². The third kappa shape index (κ3) is 4.97. The van der Waals surface area contributed by atoms with Gasteiger partial charge in [0, 0.05) is 16.8 Å². The molecular formula is C21H16Br2ClNO. The van der Waals surface area contributed by atoms with Crippen molar-refractivity contribution in [3.63, 3.8) is 0 Å². The van der Waals surface area contributed by atoms with Crippen molar-refractivity contribution in [2.75, 3.05) is 0 Å². The standard InChI is InChI=1S/C21H16Br2ClNO/c1-14-6-8-17(9-7-14)25-12-15-10-18(22)21(19(23)11-15)26-13-16-4-2-3-5-20(16)24/h2-12H,13H2,1H3. The van der Waals surface area contributed by atoms with Gasteiger partial charge in [0.2, 0.25) is 0 Å². The number of hydrogen-bond donors (Lipinski definition) is 0. The summed E-state index contributed by atoms with van der Waals surface area (Å²) in [6, 6.07) is 19.7. The lowest BCUT2D eigenvalue weighted by atomic mass is 10.2. The number of benzene rings is 3. The summed E-state index contributed by atoms with van der Waals surface area (Å²) in [7, 11) is 0. The summed E-state index contributed by atoms with van der Waals surface area (Å²) in [5, 5.41) is 0.696. The summed E-state index contributed by atoms with van der Waals surface area (Å²) in [5.41, 5.74) is 4.05. The molecule has 3 aromatic rings. The molecule has 0 aliphatic rings. The van der Waals surface area contributed by atoms with Gasteiger partial charge in [-0.15, -0.1) is 0 Å². The van der Waals surface area contributed by atoms with Gasteiger partial charge in [-0.2, -0.15) is 0 Å². The molecule has 132 valence electrons. The first kappa shape index (κ1) is 19.2. The van der Waals surface area contributed by atoms with Gasteiger partial charge in [0.1, 0.15) is 12.4 Å². The lowest BCUT2D eigenvalue weighted by Crippen LogP contribution is -1.98. The van der Waals surface area contributed by atoms with Gasteiger partial charge in [0.05, 0.1) is 14.6 Å². The molecule has 0 amide bonds. The molecule has 0 atom stereocenters. The van der Waals surface area contributed by atoms with E-state index in [2.05, 4.69) is 43.8 Å². The molecule has 0 fully saturated rings. The van der Waals surface area contributed by atoms with Gasteiger partial charge >= 0.3 is 0 Å². The highest BCUT2D eigenvalue weighted by atomic mass is 79.9. The van der Waals surface area contributed by atoms with E-state index in [0.29, 0.717) is 11.6 Å². The molecule has 0 spiro atoms. The second kappa shape index (κ2) is 8.85. The predicted octanol–water partition coefficient (Wildman–Crippen LogP) is 7.50. The van der Waals surface area contributed by atoms with Gasteiger partial charge in [-0.25, -0.2) is 0 Å². The van der Waals surface area contributed by atoms with Gasteiger partial charge < -0.3 is 4.74 Å². The molecule has 0 heterocycles. The topological polar surface area (TPSA) is 21.6 Å². The minimum atomic E-state index is 0.397.